The molecule has 8 heteroatoms. The summed E-state index contributed by atoms with van der Waals surface area (Å²) in [5.41, 5.74) is 0.688. The number of anilines is 1. The number of rotatable bonds is 6. The minimum atomic E-state index is -0.504. The molecule has 0 aromatic heterocycles. The van der Waals surface area contributed by atoms with Gasteiger partial charge in [-0.3, -0.25) is 14.9 Å². The zero-order valence-corrected chi connectivity index (χ0v) is 14.3. The van der Waals surface area contributed by atoms with Gasteiger partial charge in [-0.15, -0.1) is 0 Å². The van der Waals surface area contributed by atoms with Crippen molar-refractivity contribution in [2.45, 2.75) is 18.4 Å². The van der Waals surface area contributed by atoms with E-state index in [-0.39, 0.29) is 22.7 Å². The molecule has 1 aliphatic heterocycles. The summed E-state index contributed by atoms with van der Waals surface area (Å²) in [6.45, 7) is 2.02. The molecule has 1 aromatic rings. The Morgan fingerprint density at radius 1 is 1.38 bits per heavy atom. The predicted molar refractivity (Wildman–Crippen MR) is 91.4 cm³/mol. The molecular formula is C16H24N4O4. The first-order valence-corrected chi connectivity index (χ1v) is 7.89. The van der Waals surface area contributed by atoms with Crippen LogP contribution in [0.15, 0.2) is 18.2 Å². The molecule has 1 heterocycles. The van der Waals surface area contributed by atoms with E-state index in [1.807, 2.05) is 14.1 Å². The zero-order valence-electron chi connectivity index (χ0n) is 14.3. The lowest BCUT2D eigenvalue weighted by molar-refractivity contribution is -0.384. The van der Waals surface area contributed by atoms with Crippen molar-refractivity contribution < 1.29 is 14.5 Å². The van der Waals surface area contributed by atoms with Crippen LogP contribution in [0.5, 0.6) is 0 Å². The highest BCUT2D eigenvalue weighted by molar-refractivity contribution is 6.00. The second-order valence-corrected chi connectivity index (χ2v) is 6.15. The van der Waals surface area contributed by atoms with Gasteiger partial charge >= 0.3 is 0 Å². The Kier molecular flexibility index (Phi) is 5.74. The van der Waals surface area contributed by atoms with Crippen LogP contribution in [0.3, 0.4) is 0 Å². The van der Waals surface area contributed by atoms with Gasteiger partial charge in [0.1, 0.15) is 0 Å². The number of carbonyl (C=O) groups excluding carboxylic acids is 1. The van der Waals surface area contributed by atoms with Gasteiger partial charge in [0.25, 0.3) is 11.6 Å². The number of hydrogen-bond donors (Lipinski definition) is 2. The Morgan fingerprint density at radius 2 is 2.04 bits per heavy atom. The average molecular weight is 336 g/mol. The van der Waals surface area contributed by atoms with Gasteiger partial charge in [0.2, 0.25) is 0 Å². The minimum absolute atomic E-state index is 0.0695. The molecule has 24 heavy (non-hydrogen) atoms. The van der Waals surface area contributed by atoms with Crippen molar-refractivity contribution in [2.75, 3.05) is 46.2 Å². The molecule has 8 nitrogen and oxygen atoms in total. The highest BCUT2D eigenvalue weighted by Crippen LogP contribution is 2.28. The highest BCUT2D eigenvalue weighted by Gasteiger charge is 2.34. The van der Waals surface area contributed by atoms with Crippen molar-refractivity contribution in [3.8, 4) is 0 Å². The van der Waals surface area contributed by atoms with Crippen molar-refractivity contribution in [2.24, 2.45) is 0 Å². The lowest BCUT2D eigenvalue weighted by Crippen LogP contribution is -2.53. The Balaban J connectivity index is 2.24. The van der Waals surface area contributed by atoms with E-state index in [1.165, 1.54) is 19.2 Å². The largest absolute Gasteiger partial charge is 0.383 e. The third-order valence-electron chi connectivity index (χ3n) is 4.67. The summed E-state index contributed by atoms with van der Waals surface area (Å²) in [7, 11) is 5.57. The third-order valence-corrected chi connectivity index (χ3v) is 4.67. The summed E-state index contributed by atoms with van der Waals surface area (Å²) in [5.74, 6) is -0.355. The van der Waals surface area contributed by atoms with E-state index in [4.69, 9.17) is 4.74 Å². The minimum Gasteiger partial charge on any atom is -0.383 e. The smallest absolute Gasteiger partial charge is 0.270 e. The summed E-state index contributed by atoms with van der Waals surface area (Å²) < 4.78 is 5.45. The molecule has 0 saturated carbocycles. The number of nitrogens with one attached hydrogen (secondary N) is 2. The SMILES string of the molecule is CNC(=O)c1cc([N+](=O)[O-])ccc1NCC1(N(C)C)CCOCC1. The van der Waals surface area contributed by atoms with Gasteiger partial charge in [0.05, 0.1) is 10.5 Å². The molecular weight excluding hydrogens is 312 g/mol. The van der Waals surface area contributed by atoms with Crippen molar-refractivity contribution in [1.82, 2.24) is 10.2 Å². The van der Waals surface area contributed by atoms with Crippen molar-refractivity contribution in [3.05, 3.63) is 33.9 Å². The van der Waals surface area contributed by atoms with Crippen molar-refractivity contribution in [1.29, 1.82) is 0 Å². The fourth-order valence-corrected chi connectivity index (χ4v) is 2.92. The second-order valence-electron chi connectivity index (χ2n) is 6.15. The first-order chi connectivity index (χ1) is 11.4. The van der Waals surface area contributed by atoms with Crippen LogP contribution in [-0.2, 0) is 4.74 Å². The van der Waals surface area contributed by atoms with Crippen molar-refractivity contribution >= 4 is 17.3 Å². The van der Waals surface area contributed by atoms with Crippen LogP contribution >= 0.6 is 0 Å². The number of benzene rings is 1. The quantitative estimate of drug-likeness (QED) is 0.603. The first kappa shape index (κ1) is 18.2. The van der Waals surface area contributed by atoms with E-state index in [0.717, 1.165) is 12.8 Å². The number of amides is 1. The number of nitrogens with zero attached hydrogens (tertiary/aromatic N) is 2. The van der Waals surface area contributed by atoms with Crippen LogP contribution in [0.25, 0.3) is 0 Å². The predicted octanol–water partition coefficient (Wildman–Crippen LogP) is 1.48. The van der Waals surface area contributed by atoms with E-state index < -0.39 is 4.92 Å². The number of likely N-dealkylation sites (N-methyl/N-ethyl adjacent to an activating group) is 1. The topological polar surface area (TPSA) is 96.7 Å². The third kappa shape index (κ3) is 3.82. The summed E-state index contributed by atoms with van der Waals surface area (Å²) in [5, 5.41) is 16.8. The summed E-state index contributed by atoms with van der Waals surface area (Å²) in [4.78, 5) is 24.7. The van der Waals surface area contributed by atoms with Crippen LogP contribution < -0.4 is 10.6 Å². The lowest BCUT2D eigenvalue weighted by atomic mass is 9.88. The Morgan fingerprint density at radius 3 is 2.58 bits per heavy atom. The highest BCUT2D eigenvalue weighted by atomic mass is 16.6. The van der Waals surface area contributed by atoms with Crippen molar-refractivity contribution in [3.63, 3.8) is 0 Å². The molecule has 1 aromatic carbocycles. The number of non-ortho nitro benzene ring substituents is 1. The molecule has 1 fully saturated rings. The molecule has 1 amide bonds. The summed E-state index contributed by atoms with van der Waals surface area (Å²) in [6, 6.07) is 4.29. The second kappa shape index (κ2) is 7.59. The maximum Gasteiger partial charge on any atom is 0.270 e. The van der Waals surface area contributed by atoms with Gasteiger partial charge in [-0.2, -0.15) is 0 Å². The normalized spacial score (nSPS) is 16.7. The van der Waals surface area contributed by atoms with Crippen LogP contribution in [0.1, 0.15) is 23.2 Å². The van der Waals surface area contributed by atoms with Gasteiger partial charge in [0, 0.05) is 50.2 Å². The molecule has 0 unspecified atom stereocenters. The lowest BCUT2D eigenvalue weighted by Gasteiger charge is -2.43. The number of nitro benzene ring substituents is 1. The molecule has 2 rings (SSSR count). The van der Waals surface area contributed by atoms with Gasteiger partial charge in [-0.05, 0) is 33.0 Å². The molecule has 2 N–H and O–H groups in total. The maximum absolute atomic E-state index is 12.1. The monoisotopic (exact) mass is 336 g/mol. The van der Waals surface area contributed by atoms with Crippen LogP contribution in [-0.4, -0.2) is 62.2 Å². The van der Waals surface area contributed by atoms with E-state index in [0.29, 0.717) is 25.4 Å². The van der Waals surface area contributed by atoms with Crippen LogP contribution in [0, 0.1) is 10.1 Å². The summed E-state index contributed by atoms with van der Waals surface area (Å²) in [6.07, 6.45) is 1.77. The van der Waals surface area contributed by atoms with E-state index >= 15 is 0 Å². The maximum atomic E-state index is 12.1. The standard InChI is InChI=1S/C16H24N4O4/c1-17-15(21)13-10-12(20(22)23)4-5-14(13)18-11-16(19(2)3)6-8-24-9-7-16/h4-5,10,18H,6-9,11H2,1-3H3,(H,17,21). The molecule has 1 aliphatic rings. The Hall–Kier alpha value is -2.19. The molecule has 1 saturated heterocycles. The van der Waals surface area contributed by atoms with E-state index in [2.05, 4.69) is 15.5 Å². The van der Waals surface area contributed by atoms with E-state index in [9.17, 15) is 14.9 Å². The fourth-order valence-electron chi connectivity index (χ4n) is 2.92. The molecule has 0 spiro atoms. The number of ether oxygens (including phenoxy) is 1. The Bertz CT molecular complexity index is 612. The zero-order chi connectivity index (χ0) is 17.7. The molecule has 0 radical (unpaired) electrons. The number of carbonyl (C=O) groups is 1. The first-order valence-electron chi connectivity index (χ1n) is 7.89. The molecule has 0 bridgehead atoms. The molecule has 132 valence electrons. The van der Waals surface area contributed by atoms with Gasteiger partial charge in [-0.25, -0.2) is 0 Å². The fraction of sp³-hybridized carbons (Fsp3) is 0.562. The van der Waals surface area contributed by atoms with Gasteiger partial charge < -0.3 is 20.3 Å². The van der Waals surface area contributed by atoms with E-state index in [1.54, 1.807) is 6.07 Å². The van der Waals surface area contributed by atoms with Gasteiger partial charge in [-0.1, -0.05) is 0 Å². The summed E-state index contributed by atoms with van der Waals surface area (Å²) >= 11 is 0. The Labute approximate surface area is 141 Å². The molecule has 0 atom stereocenters. The average Bonchev–Trinajstić information content (AvgIpc) is 2.59. The molecule has 0 aliphatic carbocycles. The number of nitro groups is 1. The van der Waals surface area contributed by atoms with Crippen LogP contribution in [0.2, 0.25) is 0 Å². The van der Waals surface area contributed by atoms with Gasteiger partial charge in [0.15, 0.2) is 0 Å². The number of hydrogen-bond acceptors (Lipinski definition) is 6. The van der Waals surface area contributed by atoms with Crippen LogP contribution in [0.4, 0.5) is 11.4 Å².